The first-order chi connectivity index (χ1) is 6.71. The molecule has 0 fully saturated rings. The van der Waals surface area contributed by atoms with Gasteiger partial charge in [0.15, 0.2) is 0 Å². The number of hydrogen-bond acceptors (Lipinski definition) is 3. The van der Waals surface area contributed by atoms with E-state index in [1.165, 1.54) is 0 Å². The minimum absolute atomic E-state index is 0. The van der Waals surface area contributed by atoms with Crippen molar-refractivity contribution < 1.29 is 4.74 Å². The van der Waals surface area contributed by atoms with E-state index in [9.17, 15) is 0 Å². The number of nitrogens with two attached hydrogens (primary N) is 1. The quantitative estimate of drug-likeness (QED) is 0.797. The Morgan fingerprint density at radius 3 is 2.60 bits per heavy atom. The van der Waals surface area contributed by atoms with Gasteiger partial charge in [-0.2, -0.15) is 0 Å². The molecule has 82 valence electrons. The van der Waals surface area contributed by atoms with Crippen molar-refractivity contribution in [3.8, 4) is 0 Å². The van der Waals surface area contributed by atoms with Crippen LogP contribution >= 0.6 is 12.4 Å². The molecule has 0 bridgehead atoms. The van der Waals surface area contributed by atoms with Crippen LogP contribution in [0, 0.1) is 0 Å². The molecule has 1 heterocycles. The van der Waals surface area contributed by atoms with E-state index < -0.39 is 0 Å². The van der Waals surface area contributed by atoms with Gasteiger partial charge in [0.05, 0.1) is 0 Å². The molecule has 1 aliphatic heterocycles. The molecule has 0 saturated heterocycles. The van der Waals surface area contributed by atoms with Crippen LogP contribution in [0.15, 0.2) is 35.3 Å². The van der Waals surface area contributed by atoms with Gasteiger partial charge >= 0.3 is 0 Å². The largest absolute Gasteiger partial charge is 0.454 e. The van der Waals surface area contributed by atoms with Crippen molar-refractivity contribution in [1.29, 1.82) is 0 Å². The Bertz CT molecular complexity index is 353. The van der Waals surface area contributed by atoms with Crippen LogP contribution in [0.5, 0.6) is 0 Å². The van der Waals surface area contributed by atoms with E-state index in [1.54, 1.807) is 0 Å². The maximum Gasteiger partial charge on any atom is 0.282 e. The van der Waals surface area contributed by atoms with Crippen LogP contribution in [0.4, 0.5) is 0 Å². The van der Waals surface area contributed by atoms with Crippen LogP contribution < -0.4 is 5.73 Å². The summed E-state index contributed by atoms with van der Waals surface area (Å²) in [6.07, 6.45) is 0.873. The van der Waals surface area contributed by atoms with E-state index in [1.807, 2.05) is 25.1 Å². The Morgan fingerprint density at radius 1 is 1.33 bits per heavy atom. The summed E-state index contributed by atoms with van der Waals surface area (Å²) in [7, 11) is 0. The summed E-state index contributed by atoms with van der Waals surface area (Å²) in [5, 5.41) is 0. The lowest BCUT2D eigenvalue weighted by Gasteiger charge is -2.32. The fourth-order valence-corrected chi connectivity index (χ4v) is 1.69. The summed E-state index contributed by atoms with van der Waals surface area (Å²) in [4.78, 5) is 4.02. The Hall–Kier alpha value is -1.22. The molecule has 0 spiro atoms. The normalized spacial score (nSPS) is 24.7. The first kappa shape index (κ1) is 11.9. The molecule has 15 heavy (non-hydrogen) atoms. The molecule has 0 aliphatic carbocycles. The van der Waals surface area contributed by atoms with Crippen molar-refractivity contribution in [3.05, 3.63) is 35.9 Å². The molecule has 1 aromatic carbocycles. The van der Waals surface area contributed by atoms with Crippen LogP contribution in [0.2, 0.25) is 0 Å². The lowest BCUT2D eigenvalue weighted by molar-refractivity contribution is 0.0517. The lowest BCUT2D eigenvalue weighted by Crippen LogP contribution is -2.37. The fourth-order valence-electron chi connectivity index (χ4n) is 1.69. The van der Waals surface area contributed by atoms with Gasteiger partial charge in [0.25, 0.3) is 6.02 Å². The van der Waals surface area contributed by atoms with Crippen molar-refractivity contribution in [1.82, 2.24) is 0 Å². The number of hydrogen-bond donors (Lipinski definition) is 1. The number of aliphatic imine (C=N–C) groups is 1. The van der Waals surface area contributed by atoms with Gasteiger partial charge in [0.2, 0.25) is 0 Å². The van der Waals surface area contributed by atoms with Gasteiger partial charge in [-0.3, -0.25) is 0 Å². The second kappa shape index (κ2) is 4.53. The average Bonchev–Trinajstić information content (AvgIpc) is 2.19. The second-order valence-electron chi connectivity index (χ2n) is 3.67. The Kier molecular flexibility index (Phi) is 3.58. The molecule has 4 heteroatoms. The molecule has 1 unspecified atom stereocenters. The maximum atomic E-state index is 5.59. The summed E-state index contributed by atoms with van der Waals surface area (Å²) < 4.78 is 5.59. The van der Waals surface area contributed by atoms with E-state index in [0.29, 0.717) is 6.02 Å². The Morgan fingerprint density at radius 2 is 2.00 bits per heavy atom. The maximum absolute atomic E-state index is 5.59. The highest BCUT2D eigenvalue weighted by Crippen LogP contribution is 2.30. The first-order valence-electron chi connectivity index (χ1n) is 4.75. The smallest absolute Gasteiger partial charge is 0.282 e. The number of amidine groups is 1. The summed E-state index contributed by atoms with van der Waals surface area (Å²) in [6, 6.07) is 10.4. The zero-order chi connectivity index (χ0) is 10.0. The lowest BCUT2D eigenvalue weighted by atomic mass is 9.92. The zero-order valence-corrected chi connectivity index (χ0v) is 9.46. The van der Waals surface area contributed by atoms with Crippen LogP contribution in [-0.4, -0.2) is 12.6 Å². The van der Waals surface area contributed by atoms with Gasteiger partial charge < -0.3 is 10.5 Å². The monoisotopic (exact) mass is 226 g/mol. The summed E-state index contributed by atoms with van der Waals surface area (Å²) >= 11 is 0. The molecule has 0 radical (unpaired) electrons. The Labute approximate surface area is 95.8 Å². The van der Waals surface area contributed by atoms with Gasteiger partial charge in [-0.15, -0.1) is 12.4 Å². The van der Waals surface area contributed by atoms with Crippen molar-refractivity contribution in [3.63, 3.8) is 0 Å². The average molecular weight is 227 g/mol. The van der Waals surface area contributed by atoms with E-state index in [0.717, 1.165) is 18.5 Å². The minimum atomic E-state index is -0.312. The number of halogens is 1. The topological polar surface area (TPSA) is 47.6 Å². The van der Waals surface area contributed by atoms with E-state index in [2.05, 4.69) is 17.1 Å². The molecule has 0 amide bonds. The number of nitrogens with zero attached hydrogens (tertiary/aromatic N) is 1. The molecule has 0 aromatic heterocycles. The molecule has 2 rings (SSSR count). The van der Waals surface area contributed by atoms with Gasteiger partial charge in [0.1, 0.15) is 5.60 Å². The standard InChI is InChI=1S/C11H14N2O.ClH/c1-11(7-8-13-10(12)14-11)9-5-3-2-4-6-9;/h2-6H,7-8H2,1H3,(H2,12,13);1H. The summed E-state index contributed by atoms with van der Waals surface area (Å²) in [6.45, 7) is 2.78. The predicted octanol–water partition coefficient (Wildman–Crippen LogP) is 2.06. The highest BCUT2D eigenvalue weighted by molar-refractivity contribution is 5.85. The zero-order valence-electron chi connectivity index (χ0n) is 8.64. The van der Waals surface area contributed by atoms with Crippen molar-refractivity contribution in [2.24, 2.45) is 10.7 Å². The SMILES string of the molecule is CC1(c2ccccc2)CCN=C(N)O1.Cl. The van der Waals surface area contributed by atoms with Crippen molar-refractivity contribution >= 4 is 18.4 Å². The van der Waals surface area contributed by atoms with Gasteiger partial charge in [0, 0.05) is 13.0 Å². The van der Waals surface area contributed by atoms with E-state index in [-0.39, 0.29) is 18.0 Å². The molecular formula is C11H15ClN2O. The van der Waals surface area contributed by atoms with Crippen molar-refractivity contribution in [2.45, 2.75) is 18.9 Å². The number of rotatable bonds is 1. The summed E-state index contributed by atoms with van der Waals surface area (Å²) in [5.41, 5.74) is 6.41. The minimum Gasteiger partial charge on any atom is -0.454 e. The molecule has 1 aromatic rings. The third-order valence-corrected chi connectivity index (χ3v) is 2.57. The van der Waals surface area contributed by atoms with Crippen LogP contribution in [0.3, 0.4) is 0 Å². The molecule has 2 N–H and O–H groups in total. The van der Waals surface area contributed by atoms with Crippen LogP contribution in [0.1, 0.15) is 18.9 Å². The third-order valence-electron chi connectivity index (χ3n) is 2.57. The van der Waals surface area contributed by atoms with Gasteiger partial charge in [-0.25, -0.2) is 4.99 Å². The first-order valence-corrected chi connectivity index (χ1v) is 4.75. The van der Waals surface area contributed by atoms with E-state index in [4.69, 9.17) is 10.5 Å². The molecule has 3 nitrogen and oxygen atoms in total. The van der Waals surface area contributed by atoms with Gasteiger partial charge in [-0.1, -0.05) is 30.3 Å². The third kappa shape index (κ3) is 2.42. The second-order valence-corrected chi connectivity index (χ2v) is 3.67. The fraction of sp³-hybridized carbons (Fsp3) is 0.364. The highest BCUT2D eigenvalue weighted by atomic mass is 35.5. The van der Waals surface area contributed by atoms with Crippen LogP contribution in [-0.2, 0) is 10.3 Å². The van der Waals surface area contributed by atoms with E-state index >= 15 is 0 Å². The molecule has 0 saturated carbocycles. The molecular weight excluding hydrogens is 212 g/mol. The Balaban J connectivity index is 0.00000112. The highest BCUT2D eigenvalue weighted by Gasteiger charge is 2.31. The molecule has 1 aliphatic rings. The molecule has 1 atom stereocenters. The summed E-state index contributed by atoms with van der Waals surface area (Å²) in [5.74, 6) is 0. The number of ether oxygens (including phenoxy) is 1. The van der Waals surface area contributed by atoms with Gasteiger partial charge in [-0.05, 0) is 12.5 Å². The number of benzene rings is 1. The van der Waals surface area contributed by atoms with Crippen LogP contribution in [0.25, 0.3) is 0 Å². The predicted molar refractivity (Wildman–Crippen MR) is 63.2 cm³/mol. The van der Waals surface area contributed by atoms with Crippen molar-refractivity contribution in [2.75, 3.05) is 6.54 Å².